The smallest absolute Gasteiger partial charge is 0.257 e. The second-order valence-corrected chi connectivity index (χ2v) is 7.97. The topological polar surface area (TPSA) is 83.6 Å². The highest BCUT2D eigenvalue weighted by molar-refractivity contribution is 6.14. The van der Waals surface area contributed by atoms with Crippen molar-refractivity contribution in [2.75, 3.05) is 6.54 Å². The van der Waals surface area contributed by atoms with Gasteiger partial charge in [-0.3, -0.25) is 9.59 Å². The molecule has 0 saturated carbocycles. The number of carbonyl (C=O) groups excluding carboxylic acids is 2. The molecule has 7 nitrogen and oxygen atoms in total. The van der Waals surface area contributed by atoms with Gasteiger partial charge in [-0.25, -0.2) is 18.6 Å². The summed E-state index contributed by atoms with van der Waals surface area (Å²) in [5, 5.41) is 2.92. The summed E-state index contributed by atoms with van der Waals surface area (Å²) >= 11 is 5.47. The molecule has 3 atom stereocenters. The highest BCUT2D eigenvalue weighted by Gasteiger charge is 2.43. The van der Waals surface area contributed by atoms with Crippen LogP contribution in [0.15, 0.2) is 36.5 Å². The third kappa shape index (κ3) is 4.77. The predicted molar refractivity (Wildman–Crippen MR) is 109 cm³/mol. The third-order valence-electron chi connectivity index (χ3n) is 5.66. The molecule has 164 valence electrons. The van der Waals surface area contributed by atoms with E-state index in [0.717, 1.165) is 25.1 Å². The number of nitrogens with one attached hydrogen (secondary N) is 2. The maximum atomic E-state index is 13.8. The lowest BCUT2D eigenvalue weighted by atomic mass is 9.96. The molecule has 0 aliphatic carbocycles. The molecule has 2 saturated heterocycles. The van der Waals surface area contributed by atoms with E-state index in [2.05, 4.69) is 15.1 Å². The number of pyridine rings is 1. The van der Waals surface area contributed by atoms with Gasteiger partial charge in [0.1, 0.15) is 22.9 Å². The first-order valence-corrected chi connectivity index (χ1v) is 10.4. The van der Waals surface area contributed by atoms with Crippen molar-refractivity contribution in [3.05, 3.63) is 53.7 Å². The van der Waals surface area contributed by atoms with Crippen molar-refractivity contribution in [3.63, 3.8) is 0 Å². The number of rotatable bonds is 6. The summed E-state index contributed by atoms with van der Waals surface area (Å²) in [5.74, 6) is -1.49. The van der Waals surface area contributed by atoms with E-state index >= 15 is 0 Å². The number of hydrogen-bond acceptors (Lipinski definition) is 5. The van der Waals surface area contributed by atoms with Gasteiger partial charge in [-0.1, -0.05) is 0 Å². The van der Waals surface area contributed by atoms with Crippen LogP contribution in [-0.2, 0) is 4.79 Å². The lowest BCUT2D eigenvalue weighted by molar-refractivity contribution is -0.134. The summed E-state index contributed by atoms with van der Waals surface area (Å²) in [6.07, 6.45) is 3.89. The minimum absolute atomic E-state index is 0.0298. The summed E-state index contributed by atoms with van der Waals surface area (Å²) in [6, 6.07) is 6.15. The van der Waals surface area contributed by atoms with Crippen LogP contribution < -0.4 is 14.9 Å². The van der Waals surface area contributed by atoms with Crippen molar-refractivity contribution < 1.29 is 23.1 Å². The van der Waals surface area contributed by atoms with E-state index in [9.17, 15) is 18.4 Å². The van der Waals surface area contributed by atoms with Gasteiger partial charge in [0.25, 0.3) is 5.91 Å². The number of fused-ring (bicyclic) bond motifs is 2. The second kappa shape index (κ2) is 9.15. The maximum absolute atomic E-state index is 13.8. The van der Waals surface area contributed by atoms with Crippen molar-refractivity contribution in [3.8, 4) is 11.6 Å². The van der Waals surface area contributed by atoms with Gasteiger partial charge in [0.2, 0.25) is 11.8 Å². The van der Waals surface area contributed by atoms with Gasteiger partial charge in [0.15, 0.2) is 0 Å². The molecule has 2 aliphatic rings. The molecule has 2 fully saturated rings. The van der Waals surface area contributed by atoms with Gasteiger partial charge in [-0.2, -0.15) is 0 Å². The molecule has 31 heavy (non-hydrogen) atoms. The number of amides is 2. The van der Waals surface area contributed by atoms with Gasteiger partial charge in [0, 0.05) is 18.1 Å². The maximum Gasteiger partial charge on any atom is 0.257 e. The van der Waals surface area contributed by atoms with Gasteiger partial charge in [-0.05, 0) is 67.8 Å². The van der Waals surface area contributed by atoms with Crippen molar-refractivity contribution in [2.45, 2.75) is 43.8 Å². The lowest BCUT2D eigenvalue weighted by Crippen LogP contribution is -2.53. The molecule has 2 aromatic rings. The molecule has 2 bridgehead atoms. The van der Waals surface area contributed by atoms with E-state index in [1.165, 1.54) is 24.3 Å². The average molecular weight is 451 g/mol. The third-order valence-corrected chi connectivity index (χ3v) is 5.80. The predicted octanol–water partition coefficient (Wildman–Crippen LogP) is 3.15. The molecule has 1 unspecified atom stereocenters. The van der Waals surface area contributed by atoms with Crippen LogP contribution in [0.1, 0.15) is 36.0 Å². The molecule has 1 aromatic carbocycles. The second-order valence-electron chi connectivity index (χ2n) is 7.70. The minimum Gasteiger partial charge on any atom is -0.438 e. The van der Waals surface area contributed by atoms with Gasteiger partial charge in [0.05, 0.1) is 12.7 Å². The van der Waals surface area contributed by atoms with E-state index in [1.807, 2.05) is 4.90 Å². The summed E-state index contributed by atoms with van der Waals surface area (Å²) in [4.78, 5) is 33.3. The fourth-order valence-corrected chi connectivity index (χ4v) is 4.51. The molecule has 0 radical (unpaired) electrons. The number of aromatic nitrogens is 1. The largest absolute Gasteiger partial charge is 0.438 e. The Kier molecular flexibility index (Phi) is 6.33. The first-order chi connectivity index (χ1) is 14.9. The quantitative estimate of drug-likeness (QED) is 0.661. The molecule has 3 heterocycles. The van der Waals surface area contributed by atoms with Crippen LogP contribution in [0.25, 0.3) is 0 Å². The number of hydrogen-bond donors (Lipinski definition) is 2. The fraction of sp³-hybridized carbons (Fsp3) is 0.381. The fourth-order valence-electron chi connectivity index (χ4n) is 4.40. The summed E-state index contributed by atoms with van der Waals surface area (Å²) in [6.45, 7) is 0.0601. The van der Waals surface area contributed by atoms with Crippen LogP contribution in [0.2, 0.25) is 0 Å². The lowest BCUT2D eigenvalue weighted by Gasteiger charge is -2.39. The highest BCUT2D eigenvalue weighted by Crippen LogP contribution is 2.36. The van der Waals surface area contributed by atoms with E-state index in [1.54, 1.807) is 0 Å². The van der Waals surface area contributed by atoms with E-state index in [4.69, 9.17) is 16.5 Å². The number of carbonyl (C=O) groups is 2. The number of ether oxygens (including phenoxy) is 1. The number of halogens is 3. The summed E-state index contributed by atoms with van der Waals surface area (Å²) < 4.78 is 32.5. The molecule has 2 aliphatic heterocycles. The first-order valence-electron chi connectivity index (χ1n) is 9.99. The minimum atomic E-state index is -0.675. The van der Waals surface area contributed by atoms with E-state index in [0.29, 0.717) is 12.8 Å². The van der Waals surface area contributed by atoms with E-state index < -0.39 is 17.5 Å². The zero-order chi connectivity index (χ0) is 22.0. The van der Waals surface area contributed by atoms with Crippen molar-refractivity contribution in [1.82, 2.24) is 20.0 Å². The Bertz CT molecular complexity index is 962. The highest BCUT2D eigenvalue weighted by atomic mass is 35.5. The molecular weight excluding hydrogens is 430 g/mol. The summed E-state index contributed by atoms with van der Waals surface area (Å²) in [7, 11) is 0. The molecule has 2 amide bonds. The Morgan fingerprint density at radius 2 is 1.81 bits per heavy atom. The monoisotopic (exact) mass is 450 g/mol. The normalized spacial score (nSPS) is 22.3. The van der Waals surface area contributed by atoms with Gasteiger partial charge < -0.3 is 15.0 Å². The molecule has 1 aromatic heterocycles. The van der Waals surface area contributed by atoms with Crippen molar-refractivity contribution >= 4 is 23.6 Å². The van der Waals surface area contributed by atoms with Crippen molar-refractivity contribution in [1.29, 1.82) is 0 Å². The van der Waals surface area contributed by atoms with Gasteiger partial charge in [-0.15, -0.1) is 0 Å². The van der Waals surface area contributed by atoms with Crippen molar-refractivity contribution in [2.24, 2.45) is 0 Å². The summed E-state index contributed by atoms with van der Waals surface area (Å²) in [5.41, 5.74) is -0.0542. The Labute approximate surface area is 182 Å². The molecule has 0 spiro atoms. The standard InChI is InChI=1S/C21H21ClF2N4O3/c22-26-11-19(29)28-15-3-4-16(28)9-14(8-15)27-20(30)18-7-13(24)10-25-21(18)31-17-5-1-12(23)2-6-17/h1-2,5-7,10,14-16,26H,3-4,8-9,11H2,(H,27,30)/t14?,15-,16+. The van der Waals surface area contributed by atoms with Crippen LogP contribution in [0.3, 0.4) is 0 Å². The van der Waals surface area contributed by atoms with Crippen LogP contribution in [0, 0.1) is 11.6 Å². The van der Waals surface area contributed by atoms with E-state index in [-0.39, 0.29) is 47.8 Å². The average Bonchev–Trinajstić information content (AvgIpc) is 3.02. The number of nitrogens with zero attached hydrogens (tertiary/aromatic N) is 2. The van der Waals surface area contributed by atoms with Crippen LogP contribution >= 0.6 is 11.8 Å². The molecule has 4 rings (SSSR count). The zero-order valence-electron chi connectivity index (χ0n) is 16.5. The van der Waals surface area contributed by atoms with Crippen LogP contribution in [0.4, 0.5) is 8.78 Å². The number of benzene rings is 1. The Morgan fingerprint density at radius 3 is 2.45 bits per heavy atom. The van der Waals surface area contributed by atoms with Gasteiger partial charge >= 0.3 is 0 Å². The Hall–Kier alpha value is -2.78. The molecule has 2 N–H and O–H groups in total. The Morgan fingerprint density at radius 1 is 1.13 bits per heavy atom. The zero-order valence-corrected chi connectivity index (χ0v) is 17.2. The Balaban J connectivity index is 1.46. The molecule has 10 heteroatoms. The van der Waals surface area contributed by atoms with Crippen LogP contribution in [-0.4, -0.2) is 46.4 Å². The molecular formula is C21H21ClF2N4O3. The number of piperidine rings is 1. The first kappa shape index (κ1) is 21.5. The SMILES string of the molecule is O=C(NC1C[C@H]2CC[C@@H](C1)N2C(=O)CNCl)c1cc(F)cnc1Oc1ccc(F)cc1. The van der Waals surface area contributed by atoms with Crippen LogP contribution in [0.5, 0.6) is 11.6 Å².